The van der Waals surface area contributed by atoms with E-state index in [1.54, 1.807) is 0 Å². The Morgan fingerprint density at radius 3 is 2.55 bits per heavy atom. The van der Waals surface area contributed by atoms with Crippen molar-refractivity contribution in [1.29, 1.82) is 0 Å². The fraction of sp³-hybridized carbons (Fsp3) is 0.143. The van der Waals surface area contributed by atoms with Gasteiger partial charge in [0, 0.05) is 5.56 Å². The molecule has 1 aliphatic rings. The predicted octanol–water partition coefficient (Wildman–Crippen LogP) is 3.13. The molecule has 0 radical (unpaired) electrons. The quantitative estimate of drug-likeness (QED) is 0.601. The number of nitrogens with zero attached hydrogens (tertiary/aromatic N) is 2. The molecule has 2 nitrogen and oxygen atoms in total. The third kappa shape index (κ3) is 1.91. The monoisotopic (exact) mass is 190 g/mol. The highest BCUT2D eigenvalue weighted by molar-refractivity contribution is 5.85. The van der Waals surface area contributed by atoms with Crippen molar-refractivity contribution in [1.82, 2.24) is 0 Å². The first kappa shape index (κ1) is 10.4. The van der Waals surface area contributed by atoms with E-state index in [0.29, 0.717) is 0 Å². The fourth-order valence-electron chi connectivity index (χ4n) is 0.930. The van der Waals surface area contributed by atoms with Crippen molar-refractivity contribution in [3.05, 3.63) is 29.8 Å². The van der Waals surface area contributed by atoms with E-state index in [4.69, 9.17) is 0 Å². The van der Waals surface area contributed by atoms with Crippen LogP contribution in [0.25, 0.3) is 0 Å². The Bertz CT molecular complexity index is 260. The number of azo groups is 1. The van der Waals surface area contributed by atoms with Crippen LogP contribution < -0.4 is 0 Å². The Balaban J connectivity index is 0.000000500. The van der Waals surface area contributed by atoms with Crippen molar-refractivity contribution in [3.63, 3.8) is 0 Å². The summed E-state index contributed by atoms with van der Waals surface area (Å²) in [7, 11) is 0. The largest absolute Gasteiger partial charge is 0.184 e. The van der Waals surface area contributed by atoms with E-state index >= 15 is 0 Å². The molecule has 0 aliphatic carbocycles. The molecular formula is C7H8Cl2N2. The molecule has 0 saturated heterocycles. The third-order valence-corrected chi connectivity index (χ3v) is 1.41. The van der Waals surface area contributed by atoms with Crippen LogP contribution in [0.3, 0.4) is 0 Å². The number of fused-ring (bicyclic) bond motifs is 1. The zero-order valence-electron chi connectivity index (χ0n) is 5.73. The molecule has 11 heavy (non-hydrogen) atoms. The van der Waals surface area contributed by atoms with Gasteiger partial charge in [0.25, 0.3) is 0 Å². The lowest BCUT2D eigenvalue weighted by atomic mass is 10.2. The molecule has 60 valence electrons. The van der Waals surface area contributed by atoms with Gasteiger partial charge in [0.2, 0.25) is 0 Å². The Morgan fingerprint density at radius 2 is 1.82 bits per heavy atom. The number of hydrogen-bond acceptors (Lipinski definition) is 2. The summed E-state index contributed by atoms with van der Waals surface area (Å²) in [4.78, 5) is 0. The summed E-state index contributed by atoms with van der Waals surface area (Å²) in [5.41, 5.74) is 2.26. The summed E-state index contributed by atoms with van der Waals surface area (Å²) < 4.78 is 0. The zero-order chi connectivity index (χ0) is 6.10. The lowest BCUT2D eigenvalue weighted by Crippen LogP contribution is -1.71. The lowest BCUT2D eigenvalue weighted by Gasteiger charge is -1.88. The van der Waals surface area contributed by atoms with Gasteiger partial charge in [-0.1, -0.05) is 18.2 Å². The van der Waals surface area contributed by atoms with Crippen molar-refractivity contribution in [2.45, 2.75) is 6.54 Å². The van der Waals surface area contributed by atoms with Crippen LogP contribution in [-0.2, 0) is 6.54 Å². The van der Waals surface area contributed by atoms with Gasteiger partial charge in [0.15, 0.2) is 0 Å². The van der Waals surface area contributed by atoms with Crippen molar-refractivity contribution >= 4 is 30.5 Å². The predicted molar refractivity (Wildman–Crippen MR) is 49.2 cm³/mol. The highest BCUT2D eigenvalue weighted by atomic mass is 35.5. The molecule has 0 spiro atoms. The first-order valence-corrected chi connectivity index (χ1v) is 2.92. The summed E-state index contributed by atoms with van der Waals surface area (Å²) in [6.45, 7) is 0.760. The number of benzene rings is 1. The Labute approximate surface area is 77.5 Å². The average Bonchev–Trinajstić information content (AvgIpc) is 2.33. The van der Waals surface area contributed by atoms with E-state index in [9.17, 15) is 0 Å². The average molecular weight is 191 g/mol. The van der Waals surface area contributed by atoms with Crippen LogP contribution in [0.4, 0.5) is 5.69 Å². The van der Waals surface area contributed by atoms with Gasteiger partial charge in [0.05, 0.1) is 12.2 Å². The summed E-state index contributed by atoms with van der Waals surface area (Å²) in [6.07, 6.45) is 0. The van der Waals surface area contributed by atoms with Gasteiger partial charge in [-0.05, 0) is 6.07 Å². The Kier molecular flexibility index (Phi) is 4.08. The van der Waals surface area contributed by atoms with Crippen molar-refractivity contribution in [3.8, 4) is 0 Å². The molecule has 0 saturated carbocycles. The van der Waals surface area contributed by atoms with Crippen molar-refractivity contribution in [2.75, 3.05) is 0 Å². The van der Waals surface area contributed by atoms with Gasteiger partial charge >= 0.3 is 0 Å². The Hall–Kier alpha value is -0.600. The van der Waals surface area contributed by atoms with E-state index in [2.05, 4.69) is 16.3 Å². The summed E-state index contributed by atoms with van der Waals surface area (Å²) in [6, 6.07) is 8.01. The van der Waals surface area contributed by atoms with Gasteiger partial charge < -0.3 is 0 Å². The van der Waals surface area contributed by atoms with Crippen molar-refractivity contribution in [2.24, 2.45) is 10.2 Å². The number of hydrogen-bond donors (Lipinski definition) is 0. The first-order chi connectivity index (χ1) is 4.47. The van der Waals surface area contributed by atoms with Crippen LogP contribution in [0.15, 0.2) is 34.5 Å². The van der Waals surface area contributed by atoms with E-state index < -0.39 is 0 Å². The standard InChI is InChI=1S/C7H6N2.2ClH/c1-2-4-7-6(3-1)5-8-9-7;;/h1-4H,5H2;2*1H. The van der Waals surface area contributed by atoms with Crippen LogP contribution >= 0.6 is 24.8 Å². The maximum absolute atomic E-state index is 3.92. The summed E-state index contributed by atoms with van der Waals surface area (Å²) in [5.74, 6) is 0. The molecule has 0 N–H and O–H groups in total. The van der Waals surface area contributed by atoms with E-state index in [0.717, 1.165) is 12.2 Å². The first-order valence-electron chi connectivity index (χ1n) is 2.92. The third-order valence-electron chi connectivity index (χ3n) is 1.41. The van der Waals surface area contributed by atoms with Crippen LogP contribution in [0.5, 0.6) is 0 Å². The second-order valence-electron chi connectivity index (χ2n) is 2.03. The number of halogens is 2. The second kappa shape index (κ2) is 4.31. The molecule has 0 unspecified atom stereocenters. The molecule has 0 atom stereocenters. The normalized spacial score (nSPS) is 11.3. The van der Waals surface area contributed by atoms with Gasteiger partial charge in [-0.25, -0.2) is 0 Å². The smallest absolute Gasteiger partial charge is 0.0904 e. The molecule has 0 aromatic heterocycles. The van der Waals surface area contributed by atoms with E-state index in [1.165, 1.54) is 5.56 Å². The minimum Gasteiger partial charge on any atom is -0.184 e. The van der Waals surface area contributed by atoms with Crippen molar-refractivity contribution < 1.29 is 0 Å². The topological polar surface area (TPSA) is 24.7 Å². The van der Waals surface area contributed by atoms with Gasteiger partial charge in [-0.15, -0.1) is 24.8 Å². The highest BCUT2D eigenvalue weighted by Gasteiger charge is 2.03. The van der Waals surface area contributed by atoms with Gasteiger partial charge in [0.1, 0.15) is 0 Å². The second-order valence-corrected chi connectivity index (χ2v) is 2.03. The van der Waals surface area contributed by atoms with Gasteiger partial charge in [-0.2, -0.15) is 10.2 Å². The minimum absolute atomic E-state index is 0. The molecule has 1 heterocycles. The molecule has 1 aromatic carbocycles. The lowest BCUT2D eigenvalue weighted by molar-refractivity contribution is 1.04. The fourth-order valence-corrected chi connectivity index (χ4v) is 0.930. The molecule has 0 amide bonds. The zero-order valence-corrected chi connectivity index (χ0v) is 7.36. The minimum atomic E-state index is 0. The molecular weight excluding hydrogens is 183 g/mol. The maximum Gasteiger partial charge on any atom is 0.0904 e. The molecule has 0 bridgehead atoms. The SMILES string of the molecule is Cl.Cl.c1ccc2c(c1)CN=N2. The molecule has 4 heteroatoms. The molecule has 0 fully saturated rings. The van der Waals surface area contributed by atoms with E-state index in [1.807, 2.05) is 18.2 Å². The summed E-state index contributed by atoms with van der Waals surface area (Å²) in [5, 5.41) is 7.80. The Morgan fingerprint density at radius 1 is 1.09 bits per heavy atom. The highest BCUT2D eigenvalue weighted by Crippen LogP contribution is 2.24. The van der Waals surface area contributed by atoms with Crippen LogP contribution in [0, 0.1) is 0 Å². The number of rotatable bonds is 0. The van der Waals surface area contributed by atoms with Crippen LogP contribution in [-0.4, -0.2) is 0 Å². The molecule has 1 aromatic rings. The van der Waals surface area contributed by atoms with Crippen LogP contribution in [0.2, 0.25) is 0 Å². The maximum atomic E-state index is 3.92. The molecule has 2 rings (SSSR count). The van der Waals surface area contributed by atoms with E-state index in [-0.39, 0.29) is 24.8 Å². The van der Waals surface area contributed by atoms with Crippen LogP contribution in [0.1, 0.15) is 5.56 Å². The van der Waals surface area contributed by atoms with Gasteiger partial charge in [-0.3, -0.25) is 0 Å². The summed E-state index contributed by atoms with van der Waals surface area (Å²) >= 11 is 0. The molecule has 1 aliphatic heterocycles.